The van der Waals surface area contributed by atoms with Crippen molar-refractivity contribution < 1.29 is 4.74 Å². The van der Waals surface area contributed by atoms with Crippen LogP contribution in [0.5, 0.6) is 0 Å². The Hall–Kier alpha value is -0.870. The molecule has 0 spiro atoms. The molecule has 0 bridgehead atoms. The molecule has 1 aliphatic rings. The van der Waals surface area contributed by atoms with Crippen molar-refractivity contribution in [3.63, 3.8) is 0 Å². The third kappa shape index (κ3) is 3.37. The molecule has 0 amide bonds. The summed E-state index contributed by atoms with van der Waals surface area (Å²) in [6.07, 6.45) is 3.88. The lowest BCUT2D eigenvalue weighted by Gasteiger charge is -2.17. The van der Waals surface area contributed by atoms with Gasteiger partial charge in [-0.1, -0.05) is 6.92 Å². The van der Waals surface area contributed by atoms with E-state index in [4.69, 9.17) is 4.74 Å². The second-order valence-electron chi connectivity index (χ2n) is 5.59. The van der Waals surface area contributed by atoms with Crippen LogP contribution in [0, 0.1) is 13.8 Å². The molecule has 1 fully saturated rings. The summed E-state index contributed by atoms with van der Waals surface area (Å²) in [4.78, 5) is 0. The van der Waals surface area contributed by atoms with Crippen LogP contribution < -0.4 is 5.32 Å². The van der Waals surface area contributed by atoms with Crippen LogP contribution in [0.1, 0.15) is 49.7 Å². The summed E-state index contributed by atoms with van der Waals surface area (Å²) in [5.74, 6) is 0. The lowest BCUT2D eigenvalue weighted by atomic mass is 10.1. The highest BCUT2D eigenvalue weighted by atomic mass is 16.5. The number of rotatable bonds is 6. The van der Waals surface area contributed by atoms with Gasteiger partial charge in [0.15, 0.2) is 0 Å². The standard InChI is InChI=1S/C15H27N3O/c1-5-15-12(3)17-18(13(15)4)11(2)9-16-10-14-7-6-8-19-14/h11,14,16H,5-10H2,1-4H3. The van der Waals surface area contributed by atoms with Crippen LogP contribution in [0.4, 0.5) is 0 Å². The van der Waals surface area contributed by atoms with Gasteiger partial charge in [-0.05, 0) is 45.6 Å². The Morgan fingerprint density at radius 1 is 1.47 bits per heavy atom. The Balaban J connectivity index is 1.86. The van der Waals surface area contributed by atoms with Gasteiger partial charge in [-0.25, -0.2) is 0 Å². The van der Waals surface area contributed by atoms with Crippen molar-refractivity contribution in [2.45, 2.75) is 59.1 Å². The molecule has 0 radical (unpaired) electrons. The van der Waals surface area contributed by atoms with E-state index >= 15 is 0 Å². The predicted molar refractivity (Wildman–Crippen MR) is 77.6 cm³/mol. The molecule has 1 saturated heterocycles. The molecule has 1 N–H and O–H groups in total. The SMILES string of the molecule is CCc1c(C)nn(C(C)CNCC2CCCO2)c1C. The minimum atomic E-state index is 0.389. The molecule has 2 atom stereocenters. The van der Waals surface area contributed by atoms with E-state index < -0.39 is 0 Å². The van der Waals surface area contributed by atoms with E-state index in [-0.39, 0.29) is 0 Å². The predicted octanol–water partition coefficient (Wildman–Crippen LogP) is 2.39. The first kappa shape index (κ1) is 14.5. The second kappa shape index (κ2) is 6.53. The minimum Gasteiger partial charge on any atom is -0.377 e. The number of nitrogens with one attached hydrogen (secondary N) is 1. The van der Waals surface area contributed by atoms with Gasteiger partial charge in [0.05, 0.1) is 17.8 Å². The molecule has 1 aromatic rings. The Morgan fingerprint density at radius 2 is 2.26 bits per heavy atom. The first-order chi connectivity index (χ1) is 9.13. The highest BCUT2D eigenvalue weighted by Crippen LogP contribution is 2.17. The van der Waals surface area contributed by atoms with Gasteiger partial charge in [-0.15, -0.1) is 0 Å². The topological polar surface area (TPSA) is 39.1 Å². The van der Waals surface area contributed by atoms with Crippen molar-refractivity contribution in [3.05, 3.63) is 17.0 Å². The quantitative estimate of drug-likeness (QED) is 0.858. The maximum Gasteiger partial charge on any atom is 0.0700 e. The van der Waals surface area contributed by atoms with Crippen LogP contribution in [-0.4, -0.2) is 35.6 Å². The molecule has 1 aliphatic heterocycles. The zero-order valence-electron chi connectivity index (χ0n) is 12.7. The third-order valence-corrected chi connectivity index (χ3v) is 4.08. The van der Waals surface area contributed by atoms with Gasteiger partial charge in [0, 0.05) is 25.4 Å². The van der Waals surface area contributed by atoms with E-state index in [1.54, 1.807) is 0 Å². The Labute approximate surface area is 116 Å². The molecule has 4 heteroatoms. The van der Waals surface area contributed by atoms with Crippen LogP contribution in [0.25, 0.3) is 0 Å². The maximum absolute atomic E-state index is 5.62. The summed E-state index contributed by atoms with van der Waals surface area (Å²) in [5.41, 5.74) is 3.88. The van der Waals surface area contributed by atoms with Crippen LogP contribution in [-0.2, 0) is 11.2 Å². The Bertz CT molecular complexity index is 408. The number of aryl methyl sites for hydroxylation is 1. The Morgan fingerprint density at radius 3 is 2.84 bits per heavy atom. The van der Waals surface area contributed by atoms with Crippen LogP contribution in [0.2, 0.25) is 0 Å². The molecule has 1 aromatic heterocycles. The number of nitrogens with zero attached hydrogens (tertiary/aromatic N) is 2. The van der Waals surface area contributed by atoms with Gasteiger partial charge in [-0.3, -0.25) is 4.68 Å². The van der Waals surface area contributed by atoms with E-state index in [0.29, 0.717) is 12.1 Å². The number of aromatic nitrogens is 2. The number of hydrogen-bond acceptors (Lipinski definition) is 3. The van der Waals surface area contributed by atoms with Crippen LogP contribution >= 0.6 is 0 Å². The molecule has 0 aromatic carbocycles. The van der Waals surface area contributed by atoms with Gasteiger partial charge in [0.1, 0.15) is 0 Å². The van der Waals surface area contributed by atoms with Gasteiger partial charge in [0.2, 0.25) is 0 Å². The highest BCUT2D eigenvalue weighted by molar-refractivity contribution is 5.24. The zero-order chi connectivity index (χ0) is 13.8. The van der Waals surface area contributed by atoms with Gasteiger partial charge in [0.25, 0.3) is 0 Å². The fourth-order valence-electron chi connectivity index (χ4n) is 2.98. The smallest absolute Gasteiger partial charge is 0.0700 e. The van der Waals surface area contributed by atoms with Crippen LogP contribution in [0.15, 0.2) is 0 Å². The molecule has 2 rings (SSSR count). The largest absolute Gasteiger partial charge is 0.377 e. The lowest BCUT2D eigenvalue weighted by molar-refractivity contribution is 0.109. The molecule has 0 saturated carbocycles. The first-order valence-electron chi connectivity index (χ1n) is 7.50. The first-order valence-corrected chi connectivity index (χ1v) is 7.50. The number of ether oxygens (including phenoxy) is 1. The average molecular weight is 265 g/mol. The van der Waals surface area contributed by atoms with Crippen molar-refractivity contribution in [2.24, 2.45) is 0 Å². The molecule has 19 heavy (non-hydrogen) atoms. The fraction of sp³-hybridized carbons (Fsp3) is 0.800. The molecular formula is C15H27N3O. The lowest BCUT2D eigenvalue weighted by Crippen LogP contribution is -2.31. The fourth-order valence-corrected chi connectivity index (χ4v) is 2.98. The van der Waals surface area contributed by atoms with Crippen LogP contribution in [0.3, 0.4) is 0 Å². The highest BCUT2D eigenvalue weighted by Gasteiger charge is 2.17. The van der Waals surface area contributed by atoms with Gasteiger partial charge < -0.3 is 10.1 Å². The molecule has 2 unspecified atom stereocenters. The third-order valence-electron chi connectivity index (χ3n) is 4.08. The van der Waals surface area contributed by atoms with Crippen molar-refractivity contribution in [1.82, 2.24) is 15.1 Å². The molecule has 4 nitrogen and oxygen atoms in total. The monoisotopic (exact) mass is 265 g/mol. The number of hydrogen-bond donors (Lipinski definition) is 1. The minimum absolute atomic E-state index is 0.389. The van der Waals surface area contributed by atoms with Crippen molar-refractivity contribution in [3.8, 4) is 0 Å². The van der Waals surface area contributed by atoms with Gasteiger partial charge in [-0.2, -0.15) is 5.10 Å². The van der Waals surface area contributed by atoms with E-state index in [9.17, 15) is 0 Å². The van der Waals surface area contributed by atoms with E-state index in [1.807, 2.05) is 0 Å². The molecule has 2 heterocycles. The molecule has 0 aliphatic carbocycles. The van der Waals surface area contributed by atoms with E-state index in [2.05, 4.69) is 42.8 Å². The summed E-state index contributed by atoms with van der Waals surface area (Å²) in [5, 5.41) is 8.19. The van der Waals surface area contributed by atoms with Crippen molar-refractivity contribution >= 4 is 0 Å². The summed E-state index contributed by atoms with van der Waals surface area (Å²) < 4.78 is 7.78. The molecule has 108 valence electrons. The zero-order valence-corrected chi connectivity index (χ0v) is 12.7. The summed E-state index contributed by atoms with van der Waals surface area (Å²) >= 11 is 0. The van der Waals surface area contributed by atoms with E-state index in [0.717, 1.165) is 26.1 Å². The summed E-state index contributed by atoms with van der Waals surface area (Å²) in [7, 11) is 0. The normalized spacial score (nSPS) is 20.9. The van der Waals surface area contributed by atoms with Crippen molar-refractivity contribution in [1.29, 1.82) is 0 Å². The van der Waals surface area contributed by atoms with E-state index in [1.165, 1.54) is 29.8 Å². The van der Waals surface area contributed by atoms with Crippen molar-refractivity contribution in [2.75, 3.05) is 19.7 Å². The second-order valence-corrected chi connectivity index (χ2v) is 5.59. The summed E-state index contributed by atoms with van der Waals surface area (Å²) in [6.45, 7) is 11.5. The average Bonchev–Trinajstić information content (AvgIpc) is 2.98. The maximum atomic E-state index is 5.62. The molecular weight excluding hydrogens is 238 g/mol. The Kier molecular flexibility index (Phi) is 4.99. The van der Waals surface area contributed by atoms with Gasteiger partial charge >= 0.3 is 0 Å². The summed E-state index contributed by atoms with van der Waals surface area (Å²) in [6, 6.07) is 0.389.